The van der Waals surface area contributed by atoms with Crippen LogP contribution in [0.3, 0.4) is 0 Å². The van der Waals surface area contributed by atoms with Crippen molar-refractivity contribution in [2.75, 3.05) is 13.7 Å². The molecule has 0 aromatic carbocycles. The first-order chi connectivity index (χ1) is 10.2. The van der Waals surface area contributed by atoms with Crippen molar-refractivity contribution in [3.8, 4) is 11.8 Å². The number of amides is 1. The normalized spacial score (nSPS) is 10.4. The van der Waals surface area contributed by atoms with E-state index in [1.165, 1.54) is 7.11 Å². The van der Waals surface area contributed by atoms with E-state index in [1.807, 2.05) is 0 Å². The van der Waals surface area contributed by atoms with Gasteiger partial charge in [-0.15, -0.1) is 0 Å². The van der Waals surface area contributed by atoms with E-state index in [2.05, 4.69) is 26.9 Å². The Morgan fingerprint density at radius 3 is 2.68 bits per heavy atom. The number of rotatable bonds is 3. The smallest absolute Gasteiger partial charge is 0.407 e. The Labute approximate surface area is 130 Å². The molecular formula is C15H21N3O4. The first-order valence-corrected chi connectivity index (χ1v) is 6.80. The van der Waals surface area contributed by atoms with Crippen molar-refractivity contribution >= 4 is 12.1 Å². The summed E-state index contributed by atoms with van der Waals surface area (Å²) in [7, 11) is 2.99. The number of alkyl carbamates (subject to hydrolysis) is 1. The topological polar surface area (TPSA) is 82.4 Å². The summed E-state index contributed by atoms with van der Waals surface area (Å²) in [5.41, 5.74) is -0.0475. The minimum Gasteiger partial charge on any atom is -0.463 e. The number of ether oxygens (including phenoxy) is 2. The second-order valence-electron chi connectivity index (χ2n) is 5.53. The molecule has 22 heavy (non-hydrogen) atoms. The third-order valence-electron chi connectivity index (χ3n) is 2.38. The van der Waals surface area contributed by atoms with E-state index in [1.54, 1.807) is 38.6 Å². The van der Waals surface area contributed by atoms with Gasteiger partial charge in [0.15, 0.2) is 0 Å². The van der Waals surface area contributed by atoms with Crippen LogP contribution in [0.5, 0.6) is 0 Å². The number of imidazole rings is 1. The maximum atomic E-state index is 11.4. The fourth-order valence-corrected chi connectivity index (χ4v) is 1.50. The second kappa shape index (κ2) is 7.50. The largest absolute Gasteiger partial charge is 0.463 e. The molecule has 7 heteroatoms. The van der Waals surface area contributed by atoms with Crippen molar-refractivity contribution in [3.63, 3.8) is 0 Å². The summed E-state index contributed by atoms with van der Waals surface area (Å²) in [6.07, 6.45) is 1.62. The van der Waals surface area contributed by atoms with E-state index in [4.69, 9.17) is 4.74 Å². The molecule has 0 aliphatic carbocycles. The van der Waals surface area contributed by atoms with Crippen LogP contribution >= 0.6 is 0 Å². The van der Waals surface area contributed by atoms with Gasteiger partial charge in [0.2, 0.25) is 5.82 Å². The molecule has 7 nitrogen and oxygen atoms in total. The first kappa shape index (κ1) is 17.6. The fourth-order valence-electron chi connectivity index (χ4n) is 1.50. The highest BCUT2D eigenvalue weighted by molar-refractivity contribution is 5.85. The predicted molar refractivity (Wildman–Crippen MR) is 80.3 cm³/mol. The summed E-state index contributed by atoms with van der Waals surface area (Å²) in [6, 6.07) is 0. The van der Waals surface area contributed by atoms with Crippen molar-refractivity contribution in [1.29, 1.82) is 0 Å². The summed E-state index contributed by atoms with van der Waals surface area (Å²) in [6.45, 7) is 5.77. The van der Waals surface area contributed by atoms with Gasteiger partial charge < -0.3 is 19.4 Å². The van der Waals surface area contributed by atoms with Gasteiger partial charge in [0.1, 0.15) is 11.3 Å². The number of carbonyl (C=O) groups is 2. The number of nitrogens with zero attached hydrogens (tertiary/aromatic N) is 2. The maximum Gasteiger partial charge on any atom is 0.407 e. The first-order valence-electron chi connectivity index (χ1n) is 6.80. The highest BCUT2D eigenvalue weighted by atomic mass is 16.6. The molecule has 0 aliphatic heterocycles. The van der Waals surface area contributed by atoms with Crippen LogP contribution in [0.25, 0.3) is 0 Å². The highest BCUT2D eigenvalue weighted by Crippen LogP contribution is 2.06. The second-order valence-corrected chi connectivity index (χ2v) is 5.53. The molecule has 0 aliphatic rings. The molecule has 0 fully saturated rings. The monoisotopic (exact) mass is 307 g/mol. The zero-order valence-corrected chi connectivity index (χ0v) is 13.5. The van der Waals surface area contributed by atoms with Crippen LogP contribution in [0.4, 0.5) is 4.79 Å². The lowest BCUT2D eigenvalue weighted by Crippen LogP contribution is -2.32. The van der Waals surface area contributed by atoms with Crippen LogP contribution in [0, 0.1) is 11.8 Å². The maximum absolute atomic E-state index is 11.4. The van der Waals surface area contributed by atoms with Gasteiger partial charge in [-0.3, -0.25) is 0 Å². The van der Waals surface area contributed by atoms with Crippen LogP contribution in [0.1, 0.15) is 43.5 Å². The number of carbonyl (C=O) groups excluding carboxylic acids is 2. The van der Waals surface area contributed by atoms with Gasteiger partial charge in [0, 0.05) is 26.2 Å². The molecule has 1 rings (SSSR count). The number of aromatic nitrogens is 2. The van der Waals surface area contributed by atoms with E-state index in [-0.39, 0.29) is 5.82 Å². The van der Waals surface area contributed by atoms with Crippen molar-refractivity contribution in [3.05, 3.63) is 17.7 Å². The van der Waals surface area contributed by atoms with Gasteiger partial charge in [-0.2, -0.15) is 0 Å². The molecule has 1 aromatic heterocycles. The lowest BCUT2D eigenvalue weighted by Gasteiger charge is -2.19. The Hall–Kier alpha value is -2.49. The van der Waals surface area contributed by atoms with Gasteiger partial charge in [-0.05, 0) is 26.7 Å². The van der Waals surface area contributed by atoms with Gasteiger partial charge >= 0.3 is 12.1 Å². The predicted octanol–water partition coefficient (Wildman–Crippen LogP) is 1.47. The van der Waals surface area contributed by atoms with Crippen LogP contribution in [0.15, 0.2) is 6.20 Å². The van der Waals surface area contributed by atoms with Crippen LogP contribution in [-0.4, -0.2) is 40.9 Å². The quantitative estimate of drug-likeness (QED) is 0.519. The van der Waals surface area contributed by atoms with E-state index < -0.39 is 17.7 Å². The van der Waals surface area contributed by atoms with E-state index in [9.17, 15) is 9.59 Å². The highest BCUT2D eigenvalue weighted by Gasteiger charge is 2.15. The average molecular weight is 307 g/mol. The molecule has 0 bridgehead atoms. The van der Waals surface area contributed by atoms with Gasteiger partial charge in [-0.25, -0.2) is 14.6 Å². The third-order valence-corrected chi connectivity index (χ3v) is 2.38. The number of aryl methyl sites for hydroxylation is 1. The summed E-state index contributed by atoms with van der Waals surface area (Å²) in [5, 5.41) is 2.61. The number of methoxy groups -OCH3 is 1. The Balaban J connectivity index is 2.45. The Kier molecular flexibility index (Phi) is 5.99. The SMILES string of the molecule is COC(=O)c1nc(C#CCCNC(=O)OC(C)(C)C)cn1C. The molecule has 1 N–H and O–H groups in total. The summed E-state index contributed by atoms with van der Waals surface area (Å²) < 4.78 is 11.3. The summed E-state index contributed by atoms with van der Waals surface area (Å²) >= 11 is 0. The van der Waals surface area contributed by atoms with Gasteiger partial charge in [-0.1, -0.05) is 5.92 Å². The van der Waals surface area contributed by atoms with Gasteiger partial charge in [0.25, 0.3) is 0 Å². The Bertz CT molecular complexity index is 603. The molecule has 0 unspecified atom stereocenters. The van der Waals surface area contributed by atoms with Crippen LogP contribution in [-0.2, 0) is 16.5 Å². The Morgan fingerprint density at radius 2 is 2.09 bits per heavy atom. The molecule has 0 spiro atoms. The number of hydrogen-bond acceptors (Lipinski definition) is 5. The lowest BCUT2D eigenvalue weighted by molar-refractivity contribution is 0.0527. The molecular weight excluding hydrogens is 286 g/mol. The zero-order valence-electron chi connectivity index (χ0n) is 13.5. The van der Waals surface area contributed by atoms with Crippen LogP contribution in [0.2, 0.25) is 0 Å². The van der Waals surface area contributed by atoms with E-state index in [0.717, 1.165) is 0 Å². The minimum atomic E-state index is -0.520. The molecule has 0 atom stereocenters. The molecule has 1 aromatic rings. The molecule has 1 heterocycles. The summed E-state index contributed by atoms with van der Waals surface area (Å²) in [5.74, 6) is 5.38. The van der Waals surface area contributed by atoms with Crippen molar-refractivity contribution in [2.45, 2.75) is 32.8 Å². The molecule has 120 valence electrons. The average Bonchev–Trinajstić information content (AvgIpc) is 2.76. The standard InChI is InChI=1S/C15H21N3O4/c1-15(2,3)22-14(20)16-9-7-6-8-11-10-18(4)12(17-11)13(19)21-5/h10H,7,9H2,1-5H3,(H,16,20). The number of hydrogen-bond donors (Lipinski definition) is 1. The molecule has 0 saturated heterocycles. The third kappa shape index (κ3) is 5.87. The molecule has 0 radical (unpaired) electrons. The fraction of sp³-hybridized carbons (Fsp3) is 0.533. The molecule has 1 amide bonds. The van der Waals surface area contributed by atoms with E-state index >= 15 is 0 Å². The number of nitrogens with one attached hydrogen (secondary N) is 1. The molecule has 0 saturated carbocycles. The van der Waals surface area contributed by atoms with Crippen molar-refractivity contribution in [2.24, 2.45) is 7.05 Å². The van der Waals surface area contributed by atoms with E-state index in [0.29, 0.717) is 18.7 Å². The number of esters is 1. The van der Waals surface area contributed by atoms with Crippen molar-refractivity contribution in [1.82, 2.24) is 14.9 Å². The lowest BCUT2D eigenvalue weighted by atomic mass is 10.2. The van der Waals surface area contributed by atoms with Crippen LogP contribution < -0.4 is 5.32 Å². The minimum absolute atomic E-state index is 0.193. The van der Waals surface area contributed by atoms with Gasteiger partial charge in [0.05, 0.1) is 7.11 Å². The summed E-state index contributed by atoms with van der Waals surface area (Å²) in [4.78, 5) is 26.9. The zero-order chi connectivity index (χ0) is 16.8. The Morgan fingerprint density at radius 1 is 1.41 bits per heavy atom. The van der Waals surface area contributed by atoms with Crippen molar-refractivity contribution < 1.29 is 19.1 Å².